The first-order valence-electron chi connectivity index (χ1n) is 9.91. The molecule has 0 aliphatic heterocycles. The quantitative estimate of drug-likeness (QED) is 0.366. The van der Waals surface area contributed by atoms with Crippen molar-refractivity contribution in [2.24, 2.45) is 5.10 Å². The van der Waals surface area contributed by atoms with Crippen molar-refractivity contribution in [3.05, 3.63) is 93.5 Å². The van der Waals surface area contributed by atoms with Crippen molar-refractivity contribution in [1.82, 2.24) is 5.43 Å². The molecule has 0 fully saturated rings. The Bertz CT molecular complexity index is 1240. The smallest absolute Gasteiger partial charge is 0.264 e. The first kappa shape index (κ1) is 23.7. The second kappa shape index (κ2) is 10.1. The molecule has 6 nitrogen and oxygen atoms in total. The van der Waals surface area contributed by atoms with Gasteiger partial charge in [0.1, 0.15) is 6.54 Å². The third-order valence-electron chi connectivity index (χ3n) is 4.80. The summed E-state index contributed by atoms with van der Waals surface area (Å²) in [4.78, 5) is 12.8. The van der Waals surface area contributed by atoms with Crippen molar-refractivity contribution in [3.8, 4) is 0 Å². The van der Waals surface area contributed by atoms with E-state index in [1.54, 1.807) is 30.3 Å². The highest BCUT2D eigenvalue weighted by molar-refractivity contribution is 9.10. The maximum atomic E-state index is 13.5. The molecule has 0 radical (unpaired) electrons. The zero-order chi connectivity index (χ0) is 23.3. The van der Waals surface area contributed by atoms with E-state index in [0.717, 1.165) is 31.0 Å². The van der Waals surface area contributed by atoms with Crippen LogP contribution in [0.2, 0.25) is 0 Å². The van der Waals surface area contributed by atoms with Gasteiger partial charge >= 0.3 is 0 Å². The number of carbonyl (C=O) groups excluding carboxylic acids is 1. The van der Waals surface area contributed by atoms with Crippen LogP contribution in [0.5, 0.6) is 0 Å². The standard InChI is InChI=1S/C24H24BrN3O3S/c1-17-5-12-22(13-6-17)32(30,31)28(23-14-18(2)4-7-19(23)3)16-24(29)27-26-15-20-8-10-21(25)11-9-20/h4-15H,16H2,1-3H3,(H,27,29)/b26-15-. The Balaban J connectivity index is 1.88. The number of benzene rings is 3. The van der Waals surface area contributed by atoms with Crippen molar-refractivity contribution >= 4 is 43.8 Å². The first-order valence-corrected chi connectivity index (χ1v) is 12.1. The van der Waals surface area contributed by atoms with Gasteiger partial charge in [-0.15, -0.1) is 0 Å². The van der Waals surface area contributed by atoms with Crippen LogP contribution in [0, 0.1) is 20.8 Å². The lowest BCUT2D eigenvalue weighted by molar-refractivity contribution is -0.119. The fourth-order valence-electron chi connectivity index (χ4n) is 3.02. The van der Waals surface area contributed by atoms with Gasteiger partial charge in [0.05, 0.1) is 16.8 Å². The molecule has 166 valence electrons. The first-order chi connectivity index (χ1) is 15.2. The molecule has 32 heavy (non-hydrogen) atoms. The number of sulfonamides is 1. The van der Waals surface area contributed by atoms with Crippen LogP contribution in [0.25, 0.3) is 0 Å². The number of amides is 1. The molecule has 0 bridgehead atoms. The normalized spacial score (nSPS) is 11.5. The maximum Gasteiger partial charge on any atom is 0.264 e. The fourth-order valence-corrected chi connectivity index (χ4v) is 4.76. The Kier molecular flexibility index (Phi) is 7.48. The second-order valence-electron chi connectivity index (χ2n) is 7.46. The molecule has 0 aliphatic rings. The number of carbonyl (C=O) groups is 1. The van der Waals surface area contributed by atoms with Crippen LogP contribution in [0.15, 0.2) is 81.2 Å². The highest BCUT2D eigenvalue weighted by atomic mass is 79.9. The maximum absolute atomic E-state index is 13.5. The van der Waals surface area contributed by atoms with Crippen LogP contribution in [-0.2, 0) is 14.8 Å². The summed E-state index contributed by atoms with van der Waals surface area (Å²) in [6, 6.07) is 19.5. The van der Waals surface area contributed by atoms with E-state index in [-0.39, 0.29) is 4.90 Å². The van der Waals surface area contributed by atoms with E-state index in [0.29, 0.717) is 5.69 Å². The topological polar surface area (TPSA) is 78.8 Å². The van der Waals surface area contributed by atoms with Gasteiger partial charge in [0.25, 0.3) is 15.9 Å². The third kappa shape index (κ3) is 5.83. The minimum Gasteiger partial charge on any atom is -0.271 e. The largest absolute Gasteiger partial charge is 0.271 e. The van der Waals surface area contributed by atoms with Gasteiger partial charge in [0.15, 0.2) is 0 Å². The van der Waals surface area contributed by atoms with Gasteiger partial charge in [-0.2, -0.15) is 5.10 Å². The molecule has 3 aromatic carbocycles. The Morgan fingerprint density at radius 1 is 0.969 bits per heavy atom. The number of nitrogens with one attached hydrogen (secondary N) is 1. The molecule has 8 heteroatoms. The van der Waals surface area contributed by atoms with Crippen LogP contribution < -0.4 is 9.73 Å². The van der Waals surface area contributed by atoms with Crippen molar-refractivity contribution in [3.63, 3.8) is 0 Å². The van der Waals surface area contributed by atoms with Crippen LogP contribution >= 0.6 is 15.9 Å². The summed E-state index contributed by atoms with van der Waals surface area (Å²) < 4.78 is 29.0. The number of hydrogen-bond donors (Lipinski definition) is 1. The zero-order valence-corrected chi connectivity index (χ0v) is 20.4. The molecule has 3 aromatic rings. The molecule has 1 N–H and O–H groups in total. The molecule has 0 saturated carbocycles. The molecule has 0 heterocycles. The van der Waals surface area contributed by atoms with Gasteiger partial charge in [0, 0.05) is 4.47 Å². The summed E-state index contributed by atoms with van der Waals surface area (Å²) in [5, 5.41) is 3.96. The summed E-state index contributed by atoms with van der Waals surface area (Å²) in [5.74, 6) is -0.546. The Morgan fingerprint density at radius 3 is 2.25 bits per heavy atom. The van der Waals surface area contributed by atoms with Crippen LogP contribution in [0.3, 0.4) is 0 Å². The predicted molar refractivity (Wildman–Crippen MR) is 132 cm³/mol. The summed E-state index contributed by atoms with van der Waals surface area (Å²) in [7, 11) is -3.97. The van der Waals surface area contributed by atoms with Crippen molar-refractivity contribution < 1.29 is 13.2 Å². The molecule has 0 unspecified atom stereocenters. The van der Waals surface area contributed by atoms with Gasteiger partial charge in [0.2, 0.25) is 0 Å². The van der Waals surface area contributed by atoms with Gasteiger partial charge in [-0.25, -0.2) is 13.8 Å². The highest BCUT2D eigenvalue weighted by Gasteiger charge is 2.28. The van der Waals surface area contributed by atoms with Crippen LogP contribution in [0.1, 0.15) is 22.3 Å². The Labute approximate surface area is 197 Å². The third-order valence-corrected chi connectivity index (χ3v) is 7.11. The lowest BCUT2D eigenvalue weighted by atomic mass is 10.1. The summed E-state index contributed by atoms with van der Waals surface area (Å²) in [6.45, 7) is 5.17. The molecular formula is C24H24BrN3O3S. The zero-order valence-electron chi connectivity index (χ0n) is 18.0. The summed E-state index contributed by atoms with van der Waals surface area (Å²) in [6.07, 6.45) is 1.50. The molecule has 0 aromatic heterocycles. The summed E-state index contributed by atoms with van der Waals surface area (Å²) in [5.41, 5.74) is 6.27. The van der Waals surface area contributed by atoms with E-state index in [2.05, 4.69) is 26.5 Å². The highest BCUT2D eigenvalue weighted by Crippen LogP contribution is 2.28. The average molecular weight is 514 g/mol. The number of rotatable bonds is 7. The monoisotopic (exact) mass is 513 g/mol. The lowest BCUT2D eigenvalue weighted by Crippen LogP contribution is -2.40. The van der Waals surface area contributed by atoms with E-state index in [1.165, 1.54) is 6.21 Å². The van der Waals surface area contributed by atoms with Crippen molar-refractivity contribution in [2.45, 2.75) is 25.7 Å². The number of aryl methyl sites for hydroxylation is 3. The number of hydrazone groups is 1. The average Bonchev–Trinajstić information content (AvgIpc) is 2.75. The molecule has 1 amide bonds. The number of anilines is 1. The van der Waals surface area contributed by atoms with Gasteiger partial charge in [-0.05, 0) is 67.8 Å². The number of nitrogens with zero attached hydrogens (tertiary/aromatic N) is 2. The molecule has 3 rings (SSSR count). The van der Waals surface area contributed by atoms with E-state index < -0.39 is 22.5 Å². The van der Waals surface area contributed by atoms with Crippen LogP contribution in [-0.4, -0.2) is 27.1 Å². The molecule has 0 atom stereocenters. The van der Waals surface area contributed by atoms with Crippen molar-refractivity contribution in [1.29, 1.82) is 0 Å². The second-order valence-corrected chi connectivity index (χ2v) is 10.2. The number of hydrogen-bond acceptors (Lipinski definition) is 4. The van der Waals surface area contributed by atoms with E-state index >= 15 is 0 Å². The van der Waals surface area contributed by atoms with Crippen molar-refractivity contribution in [2.75, 3.05) is 10.8 Å². The minimum atomic E-state index is -3.97. The molecule has 0 saturated heterocycles. The molecule has 0 spiro atoms. The molecule has 0 aliphatic carbocycles. The minimum absolute atomic E-state index is 0.121. The predicted octanol–water partition coefficient (Wildman–Crippen LogP) is 4.72. The fraction of sp³-hybridized carbons (Fsp3) is 0.167. The molecular weight excluding hydrogens is 490 g/mol. The SMILES string of the molecule is Cc1ccc(S(=O)(=O)N(CC(=O)N/N=C\c2ccc(Br)cc2)c2cc(C)ccc2C)cc1. The van der Waals surface area contributed by atoms with Gasteiger partial charge < -0.3 is 0 Å². The van der Waals surface area contributed by atoms with E-state index in [9.17, 15) is 13.2 Å². The van der Waals surface area contributed by atoms with Crippen LogP contribution in [0.4, 0.5) is 5.69 Å². The van der Waals surface area contributed by atoms with Gasteiger partial charge in [-0.1, -0.05) is 57.9 Å². The van der Waals surface area contributed by atoms with E-state index in [1.807, 2.05) is 57.2 Å². The Morgan fingerprint density at radius 2 is 1.59 bits per heavy atom. The number of halogens is 1. The summed E-state index contributed by atoms with van der Waals surface area (Å²) >= 11 is 3.36. The van der Waals surface area contributed by atoms with E-state index in [4.69, 9.17) is 0 Å². The van der Waals surface area contributed by atoms with Gasteiger partial charge in [-0.3, -0.25) is 9.10 Å². The lowest BCUT2D eigenvalue weighted by Gasteiger charge is -2.25. The Hall–Kier alpha value is -2.97.